The number of rotatable bonds is 9. The van der Waals surface area contributed by atoms with Crippen molar-refractivity contribution in [2.75, 3.05) is 44.3 Å². The van der Waals surface area contributed by atoms with Crippen molar-refractivity contribution in [2.24, 2.45) is 0 Å². The average molecular weight is 584 g/mol. The maximum absolute atomic E-state index is 13.2. The smallest absolute Gasteiger partial charge is 0.410 e. The molecular weight excluding hydrogens is 550 g/mol. The zero-order chi connectivity index (χ0) is 29.4. The maximum Gasteiger partial charge on any atom is 0.410 e. The number of fused-ring (bicyclic) bond motifs is 1. The third kappa shape index (κ3) is 7.03. The van der Waals surface area contributed by atoms with Gasteiger partial charge < -0.3 is 29.3 Å². The monoisotopic (exact) mass is 583 g/mol. The van der Waals surface area contributed by atoms with E-state index in [-0.39, 0.29) is 25.0 Å². The Bertz CT molecular complexity index is 1530. The number of anilines is 1. The number of carbonyl (C=O) groups is 2. The number of nitrogens with zero attached hydrogens (tertiary/aromatic N) is 6. The van der Waals surface area contributed by atoms with Gasteiger partial charge in [0.2, 0.25) is 5.91 Å². The summed E-state index contributed by atoms with van der Waals surface area (Å²) in [7, 11) is 0. The number of piperazine rings is 1. The van der Waals surface area contributed by atoms with Gasteiger partial charge in [0, 0.05) is 51.1 Å². The molecule has 4 aromatic rings. The zero-order valence-electron chi connectivity index (χ0n) is 23.7. The van der Waals surface area contributed by atoms with E-state index in [4.69, 9.17) is 14.2 Å². The number of aromatic nitrogens is 4. The molecule has 6 rings (SSSR count). The van der Waals surface area contributed by atoms with Crippen LogP contribution in [0.3, 0.4) is 0 Å². The number of hydrogen-bond donors (Lipinski definition) is 1. The Morgan fingerprint density at radius 3 is 2.63 bits per heavy atom. The van der Waals surface area contributed by atoms with Crippen molar-refractivity contribution in [3.63, 3.8) is 0 Å². The first-order chi connectivity index (χ1) is 21.1. The molecule has 0 saturated carbocycles. The van der Waals surface area contributed by atoms with Crippen LogP contribution in [0.15, 0.2) is 79.6 Å². The minimum Gasteiger partial charge on any atom is -0.486 e. The van der Waals surface area contributed by atoms with Crippen LogP contribution < -0.4 is 19.7 Å². The largest absolute Gasteiger partial charge is 0.486 e. The van der Waals surface area contributed by atoms with Gasteiger partial charge in [0.25, 0.3) is 0 Å². The first-order valence-electron chi connectivity index (χ1n) is 14.3. The molecule has 1 N–H and O–H groups in total. The van der Waals surface area contributed by atoms with Crippen molar-refractivity contribution in [3.05, 3.63) is 90.8 Å². The van der Waals surface area contributed by atoms with E-state index < -0.39 is 6.09 Å². The van der Waals surface area contributed by atoms with Crippen molar-refractivity contribution in [3.8, 4) is 17.3 Å². The van der Waals surface area contributed by atoms with Gasteiger partial charge in [0.1, 0.15) is 44.1 Å². The molecule has 2 aliphatic rings. The van der Waals surface area contributed by atoms with E-state index in [0.717, 1.165) is 22.6 Å². The van der Waals surface area contributed by atoms with Gasteiger partial charge in [-0.05, 0) is 29.7 Å². The minimum absolute atomic E-state index is 0.115. The van der Waals surface area contributed by atoms with E-state index in [0.29, 0.717) is 57.4 Å². The lowest BCUT2D eigenvalue weighted by atomic mass is 10.1. The molecule has 2 amide bonds. The minimum atomic E-state index is -0.408. The Kier molecular flexibility index (Phi) is 8.62. The second-order valence-corrected chi connectivity index (χ2v) is 10.3. The summed E-state index contributed by atoms with van der Waals surface area (Å²) in [5, 5.41) is 3.04. The quantitative estimate of drug-likeness (QED) is 0.317. The fourth-order valence-corrected chi connectivity index (χ4v) is 5.21. The molecule has 0 radical (unpaired) electrons. The van der Waals surface area contributed by atoms with E-state index >= 15 is 0 Å². The number of carbonyl (C=O) groups excluding carboxylic acids is 2. The molecule has 4 heterocycles. The van der Waals surface area contributed by atoms with Crippen LogP contribution in [0, 0.1) is 0 Å². The molecule has 1 atom stereocenters. The molecule has 43 heavy (non-hydrogen) atoms. The van der Waals surface area contributed by atoms with Gasteiger partial charge in [0.15, 0.2) is 11.5 Å². The molecule has 2 aromatic heterocycles. The van der Waals surface area contributed by atoms with E-state index in [9.17, 15) is 9.59 Å². The molecule has 0 aliphatic carbocycles. The van der Waals surface area contributed by atoms with Gasteiger partial charge in [-0.1, -0.05) is 36.4 Å². The predicted octanol–water partition coefficient (Wildman–Crippen LogP) is 3.01. The molecule has 0 spiro atoms. The summed E-state index contributed by atoms with van der Waals surface area (Å²) in [5.41, 5.74) is 1.96. The highest BCUT2D eigenvalue weighted by molar-refractivity contribution is 5.77. The molecule has 1 saturated heterocycles. The summed E-state index contributed by atoms with van der Waals surface area (Å²) in [6.45, 7) is 2.95. The average Bonchev–Trinajstić information content (AvgIpc) is 3.60. The third-order valence-corrected chi connectivity index (χ3v) is 7.41. The molecule has 12 nitrogen and oxygen atoms in total. The summed E-state index contributed by atoms with van der Waals surface area (Å²) >= 11 is 0. The van der Waals surface area contributed by atoms with Crippen molar-refractivity contribution >= 4 is 17.8 Å². The standard InChI is InChI=1S/C31H33N7O5/c39-30(33-9-8-23-6-7-26-27(16-23)42-15-14-41-26)17-25-19-36(31(40)43-20-24-4-2-1-3-5-24)12-13-38(25)29-18-28(34-21-35-29)37-11-10-32-22-37/h1-7,10-11,16,18,21-22,25H,8-9,12-15,17,19-20H2,(H,33,39). The first-order valence-corrected chi connectivity index (χ1v) is 14.3. The Hall–Kier alpha value is -5.13. The summed E-state index contributed by atoms with van der Waals surface area (Å²) in [5.74, 6) is 2.69. The highest BCUT2D eigenvalue weighted by atomic mass is 16.6. The van der Waals surface area contributed by atoms with Crippen molar-refractivity contribution < 1.29 is 23.8 Å². The Balaban J connectivity index is 1.11. The lowest BCUT2D eigenvalue weighted by Gasteiger charge is -2.41. The van der Waals surface area contributed by atoms with Crippen LogP contribution in [0.5, 0.6) is 11.5 Å². The highest BCUT2D eigenvalue weighted by Gasteiger charge is 2.33. The number of nitrogens with one attached hydrogen (secondary N) is 1. The van der Waals surface area contributed by atoms with E-state index in [1.807, 2.05) is 54.6 Å². The molecular formula is C31H33N7O5. The Morgan fingerprint density at radius 1 is 0.953 bits per heavy atom. The third-order valence-electron chi connectivity index (χ3n) is 7.41. The van der Waals surface area contributed by atoms with Crippen LogP contribution >= 0.6 is 0 Å². The van der Waals surface area contributed by atoms with Crippen LogP contribution in [-0.2, 0) is 22.6 Å². The highest BCUT2D eigenvalue weighted by Crippen LogP contribution is 2.31. The molecule has 2 aromatic carbocycles. The van der Waals surface area contributed by atoms with Crippen LogP contribution in [-0.4, -0.2) is 81.9 Å². The number of ether oxygens (including phenoxy) is 3. The van der Waals surface area contributed by atoms with E-state index in [2.05, 4.69) is 25.2 Å². The van der Waals surface area contributed by atoms with Gasteiger partial charge in [0.05, 0.1) is 6.04 Å². The van der Waals surface area contributed by atoms with Gasteiger partial charge in [-0.3, -0.25) is 9.36 Å². The molecule has 1 unspecified atom stereocenters. The second kappa shape index (κ2) is 13.2. The van der Waals surface area contributed by atoms with Gasteiger partial charge in [-0.2, -0.15) is 0 Å². The Morgan fingerprint density at radius 2 is 1.79 bits per heavy atom. The molecule has 0 bridgehead atoms. The normalized spacial score (nSPS) is 16.0. The number of imidazole rings is 1. The van der Waals surface area contributed by atoms with Crippen LogP contribution in [0.25, 0.3) is 5.82 Å². The van der Waals surface area contributed by atoms with Crippen LogP contribution in [0.1, 0.15) is 17.5 Å². The van der Waals surface area contributed by atoms with E-state index in [1.54, 1.807) is 28.2 Å². The lowest BCUT2D eigenvalue weighted by molar-refractivity contribution is -0.121. The topological polar surface area (TPSA) is 124 Å². The Labute approximate surface area is 249 Å². The van der Waals surface area contributed by atoms with Crippen molar-refractivity contribution in [2.45, 2.75) is 25.5 Å². The number of hydrogen-bond acceptors (Lipinski definition) is 9. The van der Waals surface area contributed by atoms with Crippen LogP contribution in [0.4, 0.5) is 10.6 Å². The molecule has 222 valence electrons. The van der Waals surface area contributed by atoms with Gasteiger partial charge in [-0.15, -0.1) is 0 Å². The summed E-state index contributed by atoms with van der Waals surface area (Å²) in [4.78, 5) is 42.9. The fourth-order valence-electron chi connectivity index (χ4n) is 5.21. The second-order valence-electron chi connectivity index (χ2n) is 10.3. The number of benzene rings is 2. The molecule has 2 aliphatic heterocycles. The molecule has 1 fully saturated rings. The summed E-state index contributed by atoms with van der Waals surface area (Å²) in [6, 6.07) is 16.9. The van der Waals surface area contributed by atoms with Crippen molar-refractivity contribution in [1.82, 2.24) is 29.7 Å². The maximum atomic E-state index is 13.2. The lowest BCUT2D eigenvalue weighted by Crippen LogP contribution is -2.56. The predicted molar refractivity (Wildman–Crippen MR) is 157 cm³/mol. The van der Waals surface area contributed by atoms with Gasteiger partial charge in [-0.25, -0.2) is 19.7 Å². The fraction of sp³-hybridized carbons (Fsp3) is 0.323. The van der Waals surface area contributed by atoms with E-state index in [1.165, 1.54) is 6.33 Å². The summed E-state index contributed by atoms with van der Waals surface area (Å²) in [6.07, 6.45) is 7.06. The first kappa shape index (κ1) is 28.0. The van der Waals surface area contributed by atoms with Crippen molar-refractivity contribution in [1.29, 1.82) is 0 Å². The zero-order valence-corrected chi connectivity index (χ0v) is 23.7. The molecule has 12 heteroatoms. The van der Waals surface area contributed by atoms with Gasteiger partial charge >= 0.3 is 6.09 Å². The SMILES string of the molecule is O=C(CC1CN(C(=O)OCc2ccccc2)CCN1c1cc(-n2ccnc2)ncn1)NCCc1ccc2c(c1)OCCO2. The number of amides is 2. The van der Waals surface area contributed by atoms with Crippen LogP contribution in [0.2, 0.25) is 0 Å². The summed E-state index contributed by atoms with van der Waals surface area (Å²) < 4.78 is 18.7.